The van der Waals surface area contributed by atoms with E-state index in [0.717, 1.165) is 83.4 Å². The average Bonchev–Trinajstić information content (AvgIpc) is 3.29. The third-order valence-electron chi connectivity index (χ3n) is 10.5. The lowest BCUT2D eigenvalue weighted by molar-refractivity contribution is 1.18. The summed E-state index contributed by atoms with van der Waals surface area (Å²) in [4.78, 5) is 15.4. The Balaban J connectivity index is 1.04. The number of pyridine rings is 1. The Morgan fingerprint density at radius 1 is 0.268 bits per heavy atom. The highest BCUT2D eigenvalue weighted by Gasteiger charge is 2.17. The van der Waals surface area contributed by atoms with E-state index in [1.165, 1.54) is 10.9 Å². The van der Waals surface area contributed by atoms with Gasteiger partial charge in [-0.15, -0.1) is 0 Å². The predicted octanol–water partition coefficient (Wildman–Crippen LogP) is 13.8. The molecule has 0 aliphatic carbocycles. The van der Waals surface area contributed by atoms with Crippen LogP contribution in [-0.2, 0) is 0 Å². The summed E-state index contributed by atoms with van der Waals surface area (Å²) in [5.41, 5.74) is 14.9. The van der Waals surface area contributed by atoms with Crippen LogP contribution in [0.4, 0.5) is 0 Å². The summed E-state index contributed by atoms with van der Waals surface area (Å²) in [5, 5.41) is 3.49. The van der Waals surface area contributed by atoms with Crippen molar-refractivity contribution in [1.29, 1.82) is 0 Å². The number of para-hydroxylation sites is 1. The summed E-state index contributed by atoms with van der Waals surface area (Å²) in [6.07, 6.45) is 0. The predicted molar refractivity (Wildman–Crippen MR) is 233 cm³/mol. The first-order valence-corrected chi connectivity index (χ1v) is 18.9. The Kier molecular flexibility index (Phi) is 8.51. The van der Waals surface area contributed by atoms with E-state index < -0.39 is 0 Å². The number of benzene rings is 8. The number of nitrogens with zero attached hydrogens (tertiary/aromatic N) is 3. The SMILES string of the molecule is c1ccc(-c2cc(-c3ccc(-c4ccc(-c5cccc6c(-c7ccccc7)nc7c(-c8ccccc8)cccc7c56)cc4)cc3)nc(-c3ccccc3)n2)cc1. The van der Waals surface area contributed by atoms with Crippen molar-refractivity contribution in [1.82, 2.24) is 15.0 Å². The van der Waals surface area contributed by atoms with E-state index in [-0.39, 0.29) is 0 Å². The van der Waals surface area contributed by atoms with Gasteiger partial charge >= 0.3 is 0 Å². The van der Waals surface area contributed by atoms with Gasteiger partial charge in [0.25, 0.3) is 0 Å². The number of aromatic nitrogens is 3. The standard InChI is InChI=1S/C53H35N3/c1-5-15-38(16-6-1)45-24-14-26-47-50-44(23-13-25-46(50)51(56-52(45)47)42-19-9-3-10-20-42)39-31-27-36(28-32-39)37-29-33-41(34-30-37)49-35-48(40-17-7-2-8-18-40)54-53(55-49)43-21-11-4-12-22-43/h1-35H. The molecule has 3 nitrogen and oxygen atoms in total. The van der Waals surface area contributed by atoms with Crippen LogP contribution < -0.4 is 0 Å². The summed E-state index contributed by atoms with van der Waals surface area (Å²) in [7, 11) is 0. The normalized spacial score (nSPS) is 11.2. The molecule has 0 amide bonds. The molecule has 0 radical (unpaired) electrons. The van der Waals surface area contributed by atoms with Gasteiger partial charge in [0.2, 0.25) is 0 Å². The van der Waals surface area contributed by atoms with Gasteiger partial charge in [0.05, 0.1) is 22.6 Å². The van der Waals surface area contributed by atoms with Crippen LogP contribution in [0.5, 0.6) is 0 Å². The molecule has 2 heterocycles. The van der Waals surface area contributed by atoms with E-state index in [9.17, 15) is 0 Å². The van der Waals surface area contributed by atoms with Gasteiger partial charge in [-0.3, -0.25) is 0 Å². The average molecular weight is 714 g/mol. The first-order chi connectivity index (χ1) is 27.8. The van der Waals surface area contributed by atoms with Crippen LogP contribution in [0.3, 0.4) is 0 Å². The molecule has 0 saturated carbocycles. The van der Waals surface area contributed by atoms with Gasteiger partial charge in [-0.05, 0) is 33.9 Å². The highest BCUT2D eigenvalue weighted by atomic mass is 14.9. The van der Waals surface area contributed by atoms with Crippen LogP contribution in [0.25, 0.3) is 100 Å². The van der Waals surface area contributed by atoms with Gasteiger partial charge in [-0.2, -0.15) is 0 Å². The van der Waals surface area contributed by atoms with Crippen molar-refractivity contribution in [3.63, 3.8) is 0 Å². The first kappa shape index (κ1) is 33.1. The molecular formula is C53H35N3. The van der Waals surface area contributed by atoms with Crippen molar-refractivity contribution >= 4 is 21.7 Å². The molecule has 2 aromatic heterocycles. The maximum absolute atomic E-state index is 5.40. The molecule has 10 aromatic rings. The van der Waals surface area contributed by atoms with Gasteiger partial charge in [0.1, 0.15) is 0 Å². The lowest BCUT2D eigenvalue weighted by Gasteiger charge is -2.16. The Labute approximate surface area is 326 Å². The van der Waals surface area contributed by atoms with Crippen molar-refractivity contribution in [3.8, 4) is 78.5 Å². The smallest absolute Gasteiger partial charge is 0.160 e. The molecule has 3 heteroatoms. The van der Waals surface area contributed by atoms with Crippen molar-refractivity contribution < 1.29 is 0 Å². The fourth-order valence-electron chi connectivity index (χ4n) is 7.73. The monoisotopic (exact) mass is 713 g/mol. The zero-order valence-electron chi connectivity index (χ0n) is 30.5. The van der Waals surface area contributed by atoms with E-state index in [1.54, 1.807) is 0 Å². The quantitative estimate of drug-likeness (QED) is 0.154. The van der Waals surface area contributed by atoms with E-state index in [2.05, 4.69) is 176 Å². The minimum atomic E-state index is 0.714. The van der Waals surface area contributed by atoms with Crippen LogP contribution in [0.1, 0.15) is 0 Å². The number of rotatable bonds is 7. The van der Waals surface area contributed by atoms with E-state index in [4.69, 9.17) is 15.0 Å². The molecule has 0 fully saturated rings. The Morgan fingerprint density at radius 3 is 1.29 bits per heavy atom. The topological polar surface area (TPSA) is 38.7 Å². The maximum atomic E-state index is 5.40. The lowest BCUT2D eigenvalue weighted by atomic mass is 9.90. The van der Waals surface area contributed by atoms with Gasteiger partial charge < -0.3 is 0 Å². The third kappa shape index (κ3) is 6.21. The van der Waals surface area contributed by atoms with Crippen molar-refractivity contribution in [3.05, 3.63) is 212 Å². The summed E-state index contributed by atoms with van der Waals surface area (Å²) in [6, 6.07) is 74.5. The second-order valence-corrected chi connectivity index (χ2v) is 14.0. The summed E-state index contributed by atoms with van der Waals surface area (Å²) >= 11 is 0. The molecule has 0 atom stereocenters. The molecule has 0 aliphatic heterocycles. The van der Waals surface area contributed by atoms with Crippen molar-refractivity contribution in [2.75, 3.05) is 0 Å². The maximum Gasteiger partial charge on any atom is 0.160 e. The van der Waals surface area contributed by atoms with Crippen LogP contribution in [0.15, 0.2) is 212 Å². The van der Waals surface area contributed by atoms with Gasteiger partial charge in [0, 0.05) is 44.0 Å². The Bertz CT molecular complexity index is 2900. The van der Waals surface area contributed by atoms with E-state index in [1.807, 2.05) is 36.4 Å². The molecule has 262 valence electrons. The molecule has 0 spiro atoms. The van der Waals surface area contributed by atoms with Gasteiger partial charge in [-0.25, -0.2) is 15.0 Å². The highest BCUT2D eigenvalue weighted by Crippen LogP contribution is 2.41. The number of hydrogen-bond donors (Lipinski definition) is 0. The second kappa shape index (κ2) is 14.4. The first-order valence-electron chi connectivity index (χ1n) is 18.9. The van der Waals surface area contributed by atoms with Crippen LogP contribution in [-0.4, -0.2) is 15.0 Å². The van der Waals surface area contributed by atoms with Crippen LogP contribution >= 0.6 is 0 Å². The molecule has 0 saturated heterocycles. The van der Waals surface area contributed by atoms with E-state index in [0.29, 0.717) is 5.82 Å². The Morgan fingerprint density at radius 2 is 0.696 bits per heavy atom. The fourth-order valence-corrected chi connectivity index (χ4v) is 7.73. The Hall–Kier alpha value is -7.49. The molecule has 0 bridgehead atoms. The lowest BCUT2D eigenvalue weighted by Crippen LogP contribution is -1.95. The summed E-state index contributed by atoms with van der Waals surface area (Å²) < 4.78 is 0. The number of hydrogen-bond acceptors (Lipinski definition) is 3. The summed E-state index contributed by atoms with van der Waals surface area (Å²) in [6.45, 7) is 0. The number of fused-ring (bicyclic) bond motifs is 3. The second-order valence-electron chi connectivity index (χ2n) is 14.0. The largest absolute Gasteiger partial charge is 0.246 e. The van der Waals surface area contributed by atoms with Gasteiger partial charge in [-0.1, -0.05) is 206 Å². The van der Waals surface area contributed by atoms with Crippen LogP contribution in [0, 0.1) is 0 Å². The van der Waals surface area contributed by atoms with E-state index >= 15 is 0 Å². The highest BCUT2D eigenvalue weighted by molar-refractivity contribution is 6.19. The zero-order valence-corrected chi connectivity index (χ0v) is 30.5. The van der Waals surface area contributed by atoms with Crippen molar-refractivity contribution in [2.24, 2.45) is 0 Å². The van der Waals surface area contributed by atoms with Crippen LogP contribution in [0.2, 0.25) is 0 Å². The molecule has 0 N–H and O–H groups in total. The zero-order chi connectivity index (χ0) is 37.3. The third-order valence-corrected chi connectivity index (χ3v) is 10.5. The molecule has 0 unspecified atom stereocenters. The molecule has 8 aromatic carbocycles. The minimum absolute atomic E-state index is 0.714. The summed E-state index contributed by atoms with van der Waals surface area (Å²) in [5.74, 6) is 0.714. The van der Waals surface area contributed by atoms with Gasteiger partial charge in [0.15, 0.2) is 5.82 Å². The van der Waals surface area contributed by atoms with Crippen molar-refractivity contribution in [2.45, 2.75) is 0 Å². The molecule has 56 heavy (non-hydrogen) atoms. The molecule has 0 aliphatic rings. The molecule has 10 rings (SSSR count). The molecular weight excluding hydrogens is 679 g/mol. The fraction of sp³-hybridized carbons (Fsp3) is 0. The minimum Gasteiger partial charge on any atom is -0.246 e.